The number of carbonyl (C=O) groups is 4. The number of aromatic nitrogens is 4. The molecule has 0 saturated carbocycles. The Morgan fingerprint density at radius 2 is 1.60 bits per heavy atom. The van der Waals surface area contributed by atoms with Crippen LogP contribution in [0.3, 0.4) is 0 Å². The molecular weight excluding hydrogens is 805 g/mol. The zero-order valence-electron chi connectivity index (χ0n) is 37.8. The lowest BCUT2D eigenvalue weighted by Gasteiger charge is -2.34. The highest BCUT2D eigenvalue weighted by atomic mass is 16.5. The van der Waals surface area contributed by atoms with Gasteiger partial charge in [0, 0.05) is 30.6 Å². The van der Waals surface area contributed by atoms with E-state index >= 15 is 0 Å². The van der Waals surface area contributed by atoms with Crippen molar-refractivity contribution < 1.29 is 38.1 Å². The van der Waals surface area contributed by atoms with Gasteiger partial charge in [0.05, 0.1) is 55.8 Å². The summed E-state index contributed by atoms with van der Waals surface area (Å²) in [5.74, 6) is 1.37. The molecule has 16 heteroatoms. The van der Waals surface area contributed by atoms with Gasteiger partial charge in [-0.25, -0.2) is 19.6 Å². The summed E-state index contributed by atoms with van der Waals surface area (Å²) in [6.07, 6.45) is 2.07. The van der Waals surface area contributed by atoms with Gasteiger partial charge in [-0.2, -0.15) is 0 Å². The molecule has 7 rings (SSSR count). The molecule has 336 valence electrons. The van der Waals surface area contributed by atoms with Crippen LogP contribution in [0.15, 0.2) is 48.7 Å². The molecule has 1 saturated heterocycles. The molecule has 0 radical (unpaired) electrons. The summed E-state index contributed by atoms with van der Waals surface area (Å²) < 4.78 is 21.5. The third kappa shape index (κ3) is 9.04. The third-order valence-electron chi connectivity index (χ3n) is 12.4. The summed E-state index contributed by atoms with van der Waals surface area (Å²) in [7, 11) is 4.21. The van der Waals surface area contributed by atoms with Crippen molar-refractivity contribution >= 4 is 45.8 Å². The van der Waals surface area contributed by atoms with E-state index in [0.29, 0.717) is 31.4 Å². The number of ether oxygens (including phenoxy) is 4. The average Bonchev–Trinajstić information content (AvgIpc) is 4.03. The quantitative estimate of drug-likeness (QED) is 0.0862. The van der Waals surface area contributed by atoms with Gasteiger partial charge < -0.3 is 49.3 Å². The highest BCUT2D eigenvalue weighted by Crippen LogP contribution is 2.43. The van der Waals surface area contributed by atoms with E-state index in [1.54, 1.807) is 12.0 Å². The predicted octanol–water partition coefficient (Wildman–Crippen LogP) is 7.65. The van der Waals surface area contributed by atoms with Gasteiger partial charge >= 0.3 is 12.2 Å². The molecule has 4 N–H and O–H groups in total. The van der Waals surface area contributed by atoms with Gasteiger partial charge in [0.1, 0.15) is 36.1 Å². The number of carbonyl (C=O) groups excluding carboxylic acids is 4. The van der Waals surface area contributed by atoms with Gasteiger partial charge in [0.15, 0.2) is 0 Å². The molecular formula is C47H60N8O8. The van der Waals surface area contributed by atoms with Gasteiger partial charge in [-0.1, -0.05) is 52.8 Å². The molecule has 16 nitrogen and oxygen atoms in total. The van der Waals surface area contributed by atoms with Crippen molar-refractivity contribution in [3.8, 4) is 28.1 Å². The lowest BCUT2D eigenvalue weighted by molar-refractivity contribution is -0.138. The second-order valence-corrected chi connectivity index (χ2v) is 17.6. The Balaban J connectivity index is 1.15. The van der Waals surface area contributed by atoms with E-state index in [1.807, 2.05) is 71.7 Å². The number of hydrogen-bond acceptors (Lipinski definition) is 10. The Kier molecular flexibility index (Phi) is 13.3. The Hall–Kier alpha value is -6.16. The number of benzene rings is 3. The van der Waals surface area contributed by atoms with Crippen LogP contribution >= 0.6 is 0 Å². The minimum Gasteiger partial charge on any atom is -0.488 e. The van der Waals surface area contributed by atoms with E-state index in [-0.39, 0.29) is 41.7 Å². The van der Waals surface area contributed by atoms with Crippen LogP contribution in [0.5, 0.6) is 5.75 Å². The van der Waals surface area contributed by atoms with E-state index in [9.17, 15) is 19.2 Å². The van der Waals surface area contributed by atoms with E-state index in [2.05, 4.69) is 50.9 Å². The van der Waals surface area contributed by atoms with Gasteiger partial charge in [-0.15, -0.1) is 0 Å². The van der Waals surface area contributed by atoms with Crippen LogP contribution in [0.25, 0.3) is 44.2 Å². The minimum atomic E-state index is -0.801. The normalized spacial score (nSPS) is 17.7. The Morgan fingerprint density at radius 1 is 0.889 bits per heavy atom. The average molecular weight is 865 g/mol. The zero-order valence-corrected chi connectivity index (χ0v) is 37.8. The lowest BCUT2D eigenvalue weighted by Crippen LogP contribution is -2.53. The molecule has 3 aromatic carbocycles. The molecule has 4 amide bonds. The fraction of sp³-hybridized carbons (Fsp3) is 0.489. The van der Waals surface area contributed by atoms with E-state index < -0.39 is 30.3 Å². The molecule has 0 spiro atoms. The zero-order chi connectivity index (χ0) is 45.3. The summed E-state index contributed by atoms with van der Waals surface area (Å²) in [6, 6.07) is 12.3. The van der Waals surface area contributed by atoms with Crippen molar-refractivity contribution in [1.82, 2.24) is 40.4 Å². The first-order valence-corrected chi connectivity index (χ1v) is 21.7. The maximum Gasteiger partial charge on any atom is 0.407 e. The van der Waals surface area contributed by atoms with Crippen LogP contribution in [-0.2, 0) is 30.4 Å². The minimum absolute atomic E-state index is 0.0167. The number of fused-ring (bicyclic) bond motifs is 6. The molecule has 2 aliphatic heterocycles. The van der Waals surface area contributed by atoms with Crippen molar-refractivity contribution in [3.63, 3.8) is 0 Å². The van der Waals surface area contributed by atoms with E-state index in [4.69, 9.17) is 28.9 Å². The van der Waals surface area contributed by atoms with Crippen LogP contribution in [-0.4, -0.2) is 106 Å². The van der Waals surface area contributed by atoms with Gasteiger partial charge in [0.2, 0.25) is 11.8 Å². The second-order valence-electron chi connectivity index (χ2n) is 17.6. The Labute approximate surface area is 367 Å². The fourth-order valence-corrected chi connectivity index (χ4v) is 8.95. The van der Waals surface area contributed by atoms with Crippen molar-refractivity contribution in [3.05, 3.63) is 65.9 Å². The third-order valence-corrected chi connectivity index (χ3v) is 12.4. The Morgan fingerprint density at radius 3 is 2.29 bits per heavy atom. The maximum atomic E-state index is 14.2. The second kappa shape index (κ2) is 18.7. The number of amides is 4. The van der Waals surface area contributed by atoms with Crippen molar-refractivity contribution in [1.29, 1.82) is 0 Å². The number of aromatic amines is 2. The first-order chi connectivity index (χ1) is 30.1. The number of rotatable bonds is 14. The molecule has 0 bridgehead atoms. The van der Waals surface area contributed by atoms with E-state index in [0.717, 1.165) is 68.3 Å². The lowest BCUT2D eigenvalue weighted by atomic mass is 9.92. The number of hydrogen-bond donors (Lipinski definition) is 4. The number of H-pyrrole nitrogens is 2. The fourth-order valence-electron chi connectivity index (χ4n) is 8.95. The SMILES string of the molecule is COC[C@@H](C)CN(C(=O)[C@@H](NC(=O)OC)C(C)C)[C@@H](C)c1nc2c(ccc3cc4c(cc32)OCc2cc(-c3cnc([C@@H]5CC[C@H](C)N5C(=O)[C@@H](NC(=O)OC)C(C)C)[nH]3)ccc2-4)[nH]1. The molecule has 6 atom stereocenters. The first-order valence-electron chi connectivity index (χ1n) is 21.7. The van der Waals surface area contributed by atoms with Crippen molar-refractivity contribution in [2.75, 3.05) is 34.5 Å². The van der Waals surface area contributed by atoms with E-state index in [1.165, 1.54) is 14.2 Å². The number of nitrogens with zero attached hydrogens (tertiary/aromatic N) is 4. The molecule has 0 aliphatic carbocycles. The molecule has 2 aliphatic rings. The molecule has 2 aromatic heterocycles. The molecule has 63 heavy (non-hydrogen) atoms. The predicted molar refractivity (Wildman–Crippen MR) is 239 cm³/mol. The van der Waals surface area contributed by atoms with Crippen molar-refractivity contribution in [2.24, 2.45) is 17.8 Å². The smallest absolute Gasteiger partial charge is 0.407 e. The van der Waals surface area contributed by atoms with Crippen LogP contribution in [0.2, 0.25) is 0 Å². The largest absolute Gasteiger partial charge is 0.488 e. The summed E-state index contributed by atoms with van der Waals surface area (Å²) in [5.41, 5.74) is 6.43. The molecule has 4 heterocycles. The number of likely N-dealkylation sites (tertiary alicyclic amines) is 1. The Bertz CT molecular complexity index is 2500. The molecule has 1 fully saturated rings. The number of methoxy groups -OCH3 is 3. The summed E-state index contributed by atoms with van der Waals surface area (Å²) >= 11 is 0. The van der Waals surface area contributed by atoms with Gasteiger partial charge in [0.25, 0.3) is 0 Å². The first kappa shape index (κ1) is 44.9. The highest BCUT2D eigenvalue weighted by Gasteiger charge is 2.41. The summed E-state index contributed by atoms with van der Waals surface area (Å²) in [4.78, 5) is 72.9. The monoisotopic (exact) mass is 864 g/mol. The van der Waals surface area contributed by atoms with Crippen LogP contribution in [0.1, 0.15) is 90.6 Å². The van der Waals surface area contributed by atoms with Crippen LogP contribution in [0, 0.1) is 17.8 Å². The summed E-state index contributed by atoms with van der Waals surface area (Å²) in [5, 5.41) is 7.35. The standard InChI is InChI=1S/C47H60N8O8/c1-24(2)39(52-46(58)61-9)44(56)54(21-26(5)22-60-8)28(7)42-49-35-15-13-29-18-34-32-14-12-30(17-31(32)23-63-38(34)19-33(29)41(35)51-42)36-20-48-43(50-36)37-16-11-27(6)55(37)45(57)40(25(3)4)53-47(59)62-10/h12-15,17-20,24-28,37,39-40H,11,16,21-23H2,1-10H3,(H,48,50)(H,49,51)(H,52,58)(H,53,59)/t26-,27-,28-,37-,39-,40-/m0/s1. The van der Waals surface area contributed by atoms with Crippen LogP contribution in [0.4, 0.5) is 9.59 Å². The highest BCUT2D eigenvalue weighted by molar-refractivity contribution is 6.07. The topological polar surface area (TPSA) is 193 Å². The van der Waals surface area contributed by atoms with Crippen molar-refractivity contribution in [2.45, 2.75) is 98.1 Å². The molecule has 0 unspecified atom stereocenters. The number of imidazole rings is 2. The number of alkyl carbamates (subject to hydrolysis) is 2. The van der Waals surface area contributed by atoms with Gasteiger partial charge in [-0.3, -0.25) is 9.59 Å². The maximum absolute atomic E-state index is 14.2. The number of nitrogens with one attached hydrogen (secondary N) is 4. The van der Waals surface area contributed by atoms with Crippen LogP contribution < -0.4 is 15.4 Å². The summed E-state index contributed by atoms with van der Waals surface area (Å²) in [6.45, 7) is 14.8. The molecule has 5 aromatic rings. The van der Waals surface area contributed by atoms with Gasteiger partial charge in [-0.05, 0) is 90.8 Å².